The third-order valence-electron chi connectivity index (χ3n) is 2.24. The minimum atomic E-state index is -0.590. The average Bonchev–Trinajstić information content (AvgIpc) is 2.38. The molecule has 0 radical (unpaired) electrons. The average molecular weight is 273 g/mol. The molecule has 0 aromatic heterocycles. The molecule has 98 valence electrons. The molecule has 0 heterocycles. The van der Waals surface area contributed by atoms with E-state index in [-0.39, 0.29) is 11.3 Å². The van der Waals surface area contributed by atoms with Crippen LogP contribution in [0.3, 0.4) is 0 Å². The summed E-state index contributed by atoms with van der Waals surface area (Å²) < 4.78 is 0. The van der Waals surface area contributed by atoms with Crippen molar-refractivity contribution >= 4 is 29.1 Å². The van der Waals surface area contributed by atoms with Gasteiger partial charge in [-0.2, -0.15) is 0 Å². The molecule has 4 N–H and O–H groups in total. The van der Waals surface area contributed by atoms with E-state index in [1.807, 2.05) is 4.84 Å². The Morgan fingerprint density at radius 1 is 1.50 bits per heavy atom. The normalized spacial score (nSPS) is 9.89. The Hall–Kier alpha value is -1.86. The number of carbonyl (C=O) groups is 1. The Balaban J connectivity index is 2.97. The molecule has 0 fully saturated rings. The van der Waals surface area contributed by atoms with Gasteiger partial charge in [-0.3, -0.25) is 19.7 Å². The summed E-state index contributed by atoms with van der Waals surface area (Å²) in [5.41, 5.74) is 5.63. The molecule has 0 saturated carbocycles. The van der Waals surface area contributed by atoms with E-state index in [1.165, 1.54) is 18.2 Å². The van der Waals surface area contributed by atoms with Gasteiger partial charge in [0.25, 0.3) is 11.6 Å². The van der Waals surface area contributed by atoms with E-state index >= 15 is 0 Å². The number of halogens is 1. The molecule has 1 amide bonds. The van der Waals surface area contributed by atoms with Gasteiger partial charge in [0, 0.05) is 30.0 Å². The lowest BCUT2D eigenvalue weighted by Gasteiger charge is -2.07. The largest absolute Gasteiger partial charge is 0.379 e. The first kappa shape index (κ1) is 14.2. The monoisotopic (exact) mass is 272 g/mol. The fraction of sp³-hybridized carbons (Fsp3) is 0.300. The summed E-state index contributed by atoms with van der Waals surface area (Å²) >= 11 is 5.16. The molecule has 18 heavy (non-hydrogen) atoms. The molecule has 0 aliphatic carbocycles. The second-order valence-corrected chi connectivity index (χ2v) is 3.67. The molecule has 0 spiro atoms. The molecule has 0 saturated heterocycles. The molecule has 8 heteroatoms. The number of rotatable bonds is 6. The molecule has 1 rings (SSSR count). The lowest BCUT2D eigenvalue weighted by Crippen LogP contribution is -2.14. The lowest BCUT2D eigenvalue weighted by molar-refractivity contribution is -0.384. The second kappa shape index (κ2) is 6.77. The Morgan fingerprint density at radius 2 is 2.22 bits per heavy atom. The lowest BCUT2D eigenvalue weighted by atomic mass is 10.1. The van der Waals surface area contributed by atoms with Crippen molar-refractivity contribution in [2.24, 2.45) is 5.73 Å². The molecule has 0 bridgehead atoms. The van der Waals surface area contributed by atoms with Crippen molar-refractivity contribution in [3.05, 3.63) is 33.9 Å². The fourth-order valence-electron chi connectivity index (χ4n) is 1.35. The number of amides is 1. The number of nitrogens with one attached hydrogen (secondary N) is 2. The first-order chi connectivity index (χ1) is 8.60. The molecule has 0 atom stereocenters. The zero-order valence-electron chi connectivity index (χ0n) is 9.48. The van der Waals surface area contributed by atoms with Crippen LogP contribution in [0.15, 0.2) is 18.2 Å². The smallest absolute Gasteiger partial charge is 0.293 e. The van der Waals surface area contributed by atoms with Gasteiger partial charge < -0.3 is 11.1 Å². The van der Waals surface area contributed by atoms with Crippen LogP contribution in [0.1, 0.15) is 16.8 Å². The number of nitro groups is 1. The maximum atomic E-state index is 11.3. The molecule has 0 aliphatic heterocycles. The Bertz CT molecular complexity index is 453. The van der Waals surface area contributed by atoms with Gasteiger partial charge in [0.05, 0.1) is 4.92 Å². The molecule has 1 aromatic rings. The predicted molar refractivity (Wildman–Crippen MR) is 68.6 cm³/mol. The van der Waals surface area contributed by atoms with Gasteiger partial charge in [-0.25, -0.2) is 0 Å². The Labute approximate surface area is 109 Å². The maximum absolute atomic E-state index is 11.3. The van der Waals surface area contributed by atoms with Crippen molar-refractivity contribution in [1.82, 2.24) is 4.84 Å². The van der Waals surface area contributed by atoms with Gasteiger partial charge in [-0.1, -0.05) is 0 Å². The second-order valence-electron chi connectivity index (χ2n) is 3.48. The summed E-state index contributed by atoms with van der Waals surface area (Å²) in [6, 6.07) is 4.09. The number of anilines is 1. The van der Waals surface area contributed by atoms with Crippen molar-refractivity contribution in [2.45, 2.75) is 6.42 Å². The first-order valence-corrected chi connectivity index (χ1v) is 5.61. The summed E-state index contributed by atoms with van der Waals surface area (Å²) in [6.45, 7) is 1.02. The van der Waals surface area contributed by atoms with Crippen LogP contribution in [-0.2, 0) is 0 Å². The number of nitrogens with two attached hydrogens (primary N) is 1. The fourth-order valence-corrected chi connectivity index (χ4v) is 1.46. The number of hydrogen-bond donors (Lipinski definition) is 3. The van der Waals surface area contributed by atoms with Crippen molar-refractivity contribution in [3.8, 4) is 0 Å². The summed E-state index contributed by atoms with van der Waals surface area (Å²) in [5, 5.41) is 13.8. The zero-order valence-corrected chi connectivity index (χ0v) is 10.2. The first-order valence-electron chi connectivity index (χ1n) is 5.23. The number of benzene rings is 1. The van der Waals surface area contributed by atoms with Gasteiger partial charge in [0.1, 0.15) is 5.69 Å². The highest BCUT2D eigenvalue weighted by atomic mass is 35.5. The standard InChI is InChI=1S/C10H13ClN4O3/c11-14-10(16)7-2-3-8(13-5-1-4-12)9(6-7)15(17)18/h2-3,6,13H,1,4-5,12H2,(H,14,16). The van der Waals surface area contributed by atoms with Gasteiger partial charge in [0.2, 0.25) is 0 Å². The minimum absolute atomic E-state index is 0.126. The Morgan fingerprint density at radius 3 is 2.78 bits per heavy atom. The van der Waals surface area contributed by atoms with Crippen LogP contribution in [0.2, 0.25) is 0 Å². The third-order valence-corrected chi connectivity index (χ3v) is 2.41. The van der Waals surface area contributed by atoms with Crippen LogP contribution in [0.5, 0.6) is 0 Å². The summed E-state index contributed by atoms with van der Waals surface area (Å²) in [7, 11) is 0. The zero-order chi connectivity index (χ0) is 13.5. The van der Waals surface area contributed by atoms with Crippen LogP contribution in [0.25, 0.3) is 0 Å². The summed E-state index contributed by atoms with van der Waals surface area (Å²) in [5.74, 6) is -0.590. The minimum Gasteiger partial charge on any atom is -0.379 e. The van der Waals surface area contributed by atoms with Gasteiger partial charge in [-0.05, 0) is 25.1 Å². The Kier molecular flexibility index (Phi) is 5.34. The van der Waals surface area contributed by atoms with Crippen molar-refractivity contribution < 1.29 is 9.72 Å². The molecule has 1 aromatic carbocycles. The summed E-state index contributed by atoms with van der Waals surface area (Å²) in [6.07, 6.45) is 0.696. The van der Waals surface area contributed by atoms with Crippen molar-refractivity contribution in [2.75, 3.05) is 18.4 Å². The van der Waals surface area contributed by atoms with E-state index in [4.69, 9.17) is 17.5 Å². The molecule has 0 unspecified atom stereocenters. The predicted octanol–water partition coefficient (Wildman–Crippen LogP) is 1.24. The highest BCUT2D eigenvalue weighted by Crippen LogP contribution is 2.25. The van der Waals surface area contributed by atoms with E-state index in [9.17, 15) is 14.9 Å². The molecular formula is C10H13ClN4O3. The van der Waals surface area contributed by atoms with Crippen LogP contribution < -0.4 is 15.9 Å². The molecule has 0 aliphatic rings. The topological polar surface area (TPSA) is 110 Å². The number of hydrogen-bond acceptors (Lipinski definition) is 5. The van der Waals surface area contributed by atoms with E-state index in [0.29, 0.717) is 25.2 Å². The van der Waals surface area contributed by atoms with Crippen LogP contribution in [0.4, 0.5) is 11.4 Å². The van der Waals surface area contributed by atoms with Crippen LogP contribution in [-0.4, -0.2) is 23.9 Å². The van der Waals surface area contributed by atoms with Gasteiger partial charge in [0.15, 0.2) is 0 Å². The molecular weight excluding hydrogens is 260 g/mol. The quantitative estimate of drug-likeness (QED) is 0.312. The van der Waals surface area contributed by atoms with E-state index < -0.39 is 10.8 Å². The van der Waals surface area contributed by atoms with Gasteiger partial charge in [-0.15, -0.1) is 0 Å². The highest BCUT2D eigenvalue weighted by Gasteiger charge is 2.16. The van der Waals surface area contributed by atoms with Crippen LogP contribution in [0, 0.1) is 10.1 Å². The molecule has 7 nitrogen and oxygen atoms in total. The van der Waals surface area contributed by atoms with E-state index in [1.54, 1.807) is 0 Å². The number of nitrogens with zero attached hydrogens (tertiary/aromatic N) is 1. The van der Waals surface area contributed by atoms with E-state index in [2.05, 4.69) is 5.32 Å². The van der Waals surface area contributed by atoms with Gasteiger partial charge >= 0.3 is 0 Å². The number of carbonyl (C=O) groups excluding carboxylic acids is 1. The van der Waals surface area contributed by atoms with Crippen LogP contribution >= 0.6 is 11.8 Å². The van der Waals surface area contributed by atoms with E-state index in [0.717, 1.165) is 0 Å². The summed E-state index contributed by atoms with van der Waals surface area (Å²) in [4.78, 5) is 23.5. The van der Waals surface area contributed by atoms with Crippen molar-refractivity contribution in [3.63, 3.8) is 0 Å². The maximum Gasteiger partial charge on any atom is 0.293 e. The number of nitro benzene ring substituents is 1. The SMILES string of the molecule is NCCCNc1ccc(C(=O)NCl)cc1[N+](=O)[O-]. The highest BCUT2D eigenvalue weighted by molar-refractivity contribution is 6.24. The third kappa shape index (κ3) is 3.57. The van der Waals surface area contributed by atoms with Crippen molar-refractivity contribution in [1.29, 1.82) is 0 Å².